The number of benzene rings is 6. The number of carbonyl (C=O) groups is 2. The van der Waals surface area contributed by atoms with Crippen LogP contribution in [0.15, 0.2) is 106 Å². The van der Waals surface area contributed by atoms with E-state index in [-0.39, 0.29) is 11.1 Å². The summed E-state index contributed by atoms with van der Waals surface area (Å²) in [6.07, 6.45) is 0. The van der Waals surface area contributed by atoms with Crippen LogP contribution < -0.4 is 0 Å². The molecular formula is C30H18Br2O4. The minimum absolute atomic E-state index is 0.140. The van der Waals surface area contributed by atoms with Gasteiger partial charge in [-0.3, -0.25) is 0 Å². The highest BCUT2D eigenvalue weighted by molar-refractivity contribution is 9.11. The molecule has 0 fully saturated rings. The Kier molecular flexibility index (Phi) is 6.48. The molecule has 0 aromatic heterocycles. The summed E-state index contributed by atoms with van der Waals surface area (Å²) in [6.45, 7) is 0. The van der Waals surface area contributed by atoms with Gasteiger partial charge in [0.15, 0.2) is 0 Å². The third kappa shape index (κ3) is 4.02. The van der Waals surface area contributed by atoms with E-state index in [0.717, 1.165) is 0 Å². The molecule has 36 heavy (non-hydrogen) atoms. The second-order valence-corrected chi connectivity index (χ2v) is 9.76. The number of aromatic carboxylic acids is 2. The van der Waals surface area contributed by atoms with E-state index in [4.69, 9.17) is 0 Å². The normalized spacial score (nSPS) is 10.9. The first-order valence-electron chi connectivity index (χ1n) is 11.0. The van der Waals surface area contributed by atoms with Crippen LogP contribution in [0.3, 0.4) is 0 Å². The predicted molar refractivity (Wildman–Crippen MR) is 152 cm³/mol. The Morgan fingerprint density at radius 3 is 0.806 bits per heavy atom. The number of hydrogen-bond acceptors (Lipinski definition) is 2. The summed E-state index contributed by atoms with van der Waals surface area (Å²) in [5.41, 5.74) is 0.280. The van der Waals surface area contributed by atoms with Crippen LogP contribution in [0.4, 0.5) is 0 Å². The van der Waals surface area contributed by atoms with Gasteiger partial charge in [0.25, 0.3) is 0 Å². The molecule has 4 nitrogen and oxygen atoms in total. The molecule has 0 amide bonds. The average Bonchev–Trinajstić information content (AvgIpc) is 2.90. The fraction of sp³-hybridized carbons (Fsp3) is 0. The molecular weight excluding hydrogens is 584 g/mol. The highest BCUT2D eigenvalue weighted by Crippen LogP contribution is 2.39. The van der Waals surface area contributed by atoms with Gasteiger partial charge >= 0.3 is 11.9 Å². The van der Waals surface area contributed by atoms with Crippen molar-refractivity contribution < 1.29 is 19.8 Å². The Morgan fingerprint density at radius 1 is 0.417 bits per heavy atom. The molecule has 0 heterocycles. The fourth-order valence-electron chi connectivity index (χ4n) is 4.61. The monoisotopic (exact) mass is 600 g/mol. The van der Waals surface area contributed by atoms with Gasteiger partial charge in [0.2, 0.25) is 0 Å². The molecule has 0 bridgehead atoms. The minimum atomic E-state index is -1.06. The van der Waals surface area contributed by atoms with Gasteiger partial charge < -0.3 is 10.2 Å². The average molecular weight is 602 g/mol. The molecule has 0 aliphatic heterocycles. The van der Waals surface area contributed by atoms with Crippen molar-refractivity contribution >= 4 is 86.9 Å². The molecule has 0 spiro atoms. The number of rotatable bonds is 2. The molecule has 0 atom stereocenters. The van der Waals surface area contributed by atoms with Gasteiger partial charge in [-0.25, -0.2) is 9.59 Å². The van der Waals surface area contributed by atoms with E-state index in [2.05, 4.69) is 80.4 Å². The van der Waals surface area contributed by atoms with Crippen molar-refractivity contribution in [1.82, 2.24) is 0 Å². The lowest BCUT2D eigenvalue weighted by Crippen LogP contribution is -2.05. The fourth-order valence-corrected chi connectivity index (χ4v) is 5.99. The second kappa shape index (κ2) is 9.72. The standard InChI is InChI=1S/C16H10O4.C14H8Br2/c17-15(18)13-9-5-1-2-6-10(9)14(16(19)20)12-8-4-3-7-11(12)13;15-13-9-5-1-2-6-10(9)14(16)12-8-4-3-7-11(12)13/h1-8H,(H,17,18)(H,19,20);1-8H. The van der Waals surface area contributed by atoms with Crippen LogP contribution in [0.25, 0.3) is 43.1 Å². The van der Waals surface area contributed by atoms with Crippen molar-refractivity contribution in [2.75, 3.05) is 0 Å². The summed E-state index contributed by atoms with van der Waals surface area (Å²) >= 11 is 7.39. The minimum Gasteiger partial charge on any atom is -0.478 e. The zero-order chi connectivity index (χ0) is 25.4. The van der Waals surface area contributed by atoms with Gasteiger partial charge in [-0.15, -0.1) is 0 Å². The van der Waals surface area contributed by atoms with Crippen molar-refractivity contribution in [2.45, 2.75) is 0 Å². The van der Waals surface area contributed by atoms with Crippen LogP contribution in [0.2, 0.25) is 0 Å². The quantitative estimate of drug-likeness (QED) is 0.194. The molecule has 2 N–H and O–H groups in total. The van der Waals surface area contributed by atoms with Crippen molar-refractivity contribution in [1.29, 1.82) is 0 Å². The van der Waals surface area contributed by atoms with Crippen LogP contribution in [0.1, 0.15) is 20.7 Å². The Morgan fingerprint density at radius 2 is 0.611 bits per heavy atom. The Balaban J connectivity index is 0.000000152. The van der Waals surface area contributed by atoms with Crippen LogP contribution in [0.5, 0.6) is 0 Å². The Bertz CT molecular complexity index is 1580. The topological polar surface area (TPSA) is 74.6 Å². The molecule has 0 radical (unpaired) electrons. The lowest BCUT2D eigenvalue weighted by molar-refractivity contribution is 0.0687. The molecule has 6 aromatic rings. The van der Waals surface area contributed by atoms with E-state index in [0.29, 0.717) is 21.5 Å². The SMILES string of the molecule is Brc1c2ccccc2c(Br)c2ccccc12.O=C(O)c1c2ccccc2c(C(=O)O)c2ccccc12. The summed E-state index contributed by atoms with van der Waals surface area (Å²) < 4.78 is 2.34. The van der Waals surface area contributed by atoms with Crippen molar-refractivity contribution in [3.05, 3.63) is 117 Å². The molecule has 176 valence electrons. The Hall–Kier alpha value is -3.74. The van der Waals surface area contributed by atoms with Crippen molar-refractivity contribution in [2.24, 2.45) is 0 Å². The van der Waals surface area contributed by atoms with Gasteiger partial charge in [-0.05, 0) is 74.9 Å². The first kappa shape index (κ1) is 24.0. The van der Waals surface area contributed by atoms with Gasteiger partial charge in [0.1, 0.15) is 0 Å². The predicted octanol–water partition coefficient (Wildman–Crippen LogP) is 8.91. The summed E-state index contributed by atoms with van der Waals surface area (Å²) in [4.78, 5) is 23.1. The maximum Gasteiger partial charge on any atom is 0.336 e. The molecule has 6 aromatic carbocycles. The first-order chi connectivity index (χ1) is 17.4. The maximum absolute atomic E-state index is 11.6. The number of carboxylic acid groups (broad SMARTS) is 2. The molecule has 0 aliphatic rings. The number of halogens is 2. The van der Waals surface area contributed by atoms with Crippen molar-refractivity contribution in [3.8, 4) is 0 Å². The summed E-state index contributed by atoms with van der Waals surface area (Å²) in [7, 11) is 0. The van der Waals surface area contributed by atoms with E-state index in [1.54, 1.807) is 48.5 Å². The highest BCUT2D eigenvalue weighted by atomic mass is 79.9. The third-order valence-corrected chi connectivity index (χ3v) is 7.87. The lowest BCUT2D eigenvalue weighted by atomic mass is 9.92. The number of hydrogen-bond donors (Lipinski definition) is 2. The number of carboxylic acids is 2. The second-order valence-electron chi connectivity index (χ2n) is 8.17. The molecule has 6 rings (SSSR count). The smallest absolute Gasteiger partial charge is 0.336 e. The van der Waals surface area contributed by atoms with Crippen molar-refractivity contribution in [3.63, 3.8) is 0 Å². The van der Waals surface area contributed by atoms with Gasteiger partial charge in [-0.1, -0.05) is 97.1 Å². The van der Waals surface area contributed by atoms with E-state index in [1.165, 1.54) is 30.5 Å². The molecule has 0 aliphatic carbocycles. The van der Waals surface area contributed by atoms with Gasteiger partial charge in [0, 0.05) is 8.95 Å². The Labute approximate surface area is 223 Å². The molecule has 0 saturated heterocycles. The largest absolute Gasteiger partial charge is 0.478 e. The summed E-state index contributed by atoms with van der Waals surface area (Å²) in [5, 5.41) is 25.7. The van der Waals surface area contributed by atoms with Gasteiger partial charge in [0.05, 0.1) is 11.1 Å². The van der Waals surface area contributed by atoms with Gasteiger partial charge in [-0.2, -0.15) is 0 Å². The van der Waals surface area contributed by atoms with E-state index >= 15 is 0 Å². The summed E-state index contributed by atoms with van der Waals surface area (Å²) in [6, 6.07) is 30.2. The first-order valence-corrected chi connectivity index (χ1v) is 12.6. The van der Waals surface area contributed by atoms with Crippen LogP contribution in [-0.2, 0) is 0 Å². The third-order valence-electron chi connectivity index (χ3n) is 6.16. The maximum atomic E-state index is 11.6. The van der Waals surface area contributed by atoms with Crippen LogP contribution >= 0.6 is 31.9 Å². The van der Waals surface area contributed by atoms with E-state index in [1.807, 2.05) is 0 Å². The molecule has 6 heteroatoms. The molecule has 0 unspecified atom stereocenters. The van der Waals surface area contributed by atoms with E-state index in [9.17, 15) is 19.8 Å². The number of fused-ring (bicyclic) bond motifs is 4. The molecule has 0 saturated carbocycles. The zero-order valence-electron chi connectivity index (χ0n) is 18.7. The van der Waals surface area contributed by atoms with Crippen LogP contribution in [0, 0.1) is 0 Å². The van der Waals surface area contributed by atoms with E-state index < -0.39 is 11.9 Å². The zero-order valence-corrected chi connectivity index (χ0v) is 21.9. The highest BCUT2D eigenvalue weighted by Gasteiger charge is 2.20. The lowest BCUT2D eigenvalue weighted by Gasteiger charge is -2.11. The summed E-state index contributed by atoms with van der Waals surface area (Å²) in [5.74, 6) is -2.12. The van der Waals surface area contributed by atoms with Crippen LogP contribution in [-0.4, -0.2) is 22.2 Å².